The van der Waals surface area contributed by atoms with Crippen molar-refractivity contribution >= 4 is 39.9 Å². The Bertz CT molecular complexity index is 866. The average molecular weight is 333 g/mol. The summed E-state index contributed by atoms with van der Waals surface area (Å²) in [5, 5.41) is 5.37. The summed E-state index contributed by atoms with van der Waals surface area (Å²) in [6.07, 6.45) is 4.92. The van der Waals surface area contributed by atoms with E-state index in [0.717, 1.165) is 22.3 Å². The SMILES string of the molecule is Clc1cc(Cl)c2c(c1)C(Nc1ncnc3cnccc13)CO2. The van der Waals surface area contributed by atoms with Crippen LogP contribution in [0.25, 0.3) is 10.9 Å². The first-order valence-electron chi connectivity index (χ1n) is 6.65. The number of benzene rings is 1. The molecular weight excluding hydrogens is 323 g/mol. The number of rotatable bonds is 2. The highest BCUT2D eigenvalue weighted by atomic mass is 35.5. The topological polar surface area (TPSA) is 59.9 Å². The molecule has 2 aromatic heterocycles. The molecule has 0 bridgehead atoms. The number of aromatic nitrogens is 3. The number of ether oxygens (including phenoxy) is 1. The first kappa shape index (κ1) is 13.5. The van der Waals surface area contributed by atoms with Crippen LogP contribution in [0.2, 0.25) is 10.0 Å². The Labute approximate surface area is 136 Å². The fourth-order valence-electron chi connectivity index (χ4n) is 2.55. The molecule has 110 valence electrons. The molecule has 1 aromatic carbocycles. The zero-order chi connectivity index (χ0) is 15.1. The molecule has 1 aliphatic rings. The highest BCUT2D eigenvalue weighted by Crippen LogP contribution is 2.41. The molecule has 3 heterocycles. The van der Waals surface area contributed by atoms with Crippen molar-refractivity contribution in [2.75, 3.05) is 11.9 Å². The van der Waals surface area contributed by atoms with Gasteiger partial charge in [-0.2, -0.15) is 0 Å². The minimum absolute atomic E-state index is 0.0718. The van der Waals surface area contributed by atoms with Gasteiger partial charge in [-0.25, -0.2) is 9.97 Å². The minimum atomic E-state index is -0.0718. The predicted molar refractivity (Wildman–Crippen MR) is 85.7 cm³/mol. The zero-order valence-corrected chi connectivity index (χ0v) is 12.8. The van der Waals surface area contributed by atoms with Crippen LogP contribution in [-0.4, -0.2) is 21.6 Å². The van der Waals surface area contributed by atoms with Crippen LogP contribution in [0.4, 0.5) is 5.82 Å². The molecule has 1 N–H and O–H groups in total. The molecule has 0 saturated carbocycles. The van der Waals surface area contributed by atoms with Crippen LogP contribution in [-0.2, 0) is 0 Å². The monoisotopic (exact) mass is 332 g/mol. The summed E-state index contributed by atoms with van der Waals surface area (Å²) in [6.45, 7) is 0.464. The number of anilines is 1. The van der Waals surface area contributed by atoms with Crippen LogP contribution in [0.3, 0.4) is 0 Å². The lowest BCUT2D eigenvalue weighted by Gasteiger charge is -2.14. The van der Waals surface area contributed by atoms with E-state index in [0.29, 0.717) is 22.4 Å². The first-order chi connectivity index (χ1) is 10.7. The fraction of sp³-hybridized carbons (Fsp3) is 0.133. The Morgan fingerprint density at radius 3 is 3.05 bits per heavy atom. The lowest BCUT2D eigenvalue weighted by Crippen LogP contribution is -2.13. The van der Waals surface area contributed by atoms with E-state index < -0.39 is 0 Å². The summed E-state index contributed by atoms with van der Waals surface area (Å²) in [5.74, 6) is 1.40. The Hall–Kier alpha value is -2.11. The van der Waals surface area contributed by atoms with Gasteiger partial charge in [0.15, 0.2) is 0 Å². The Balaban J connectivity index is 1.74. The fourth-order valence-corrected chi connectivity index (χ4v) is 3.12. The molecule has 4 rings (SSSR count). The summed E-state index contributed by atoms with van der Waals surface area (Å²) >= 11 is 12.3. The van der Waals surface area contributed by atoms with E-state index in [4.69, 9.17) is 27.9 Å². The summed E-state index contributed by atoms with van der Waals surface area (Å²) in [5.41, 5.74) is 1.71. The summed E-state index contributed by atoms with van der Waals surface area (Å²) < 4.78 is 5.67. The van der Waals surface area contributed by atoms with Crippen molar-refractivity contribution in [1.29, 1.82) is 0 Å². The van der Waals surface area contributed by atoms with Gasteiger partial charge in [-0.05, 0) is 18.2 Å². The van der Waals surface area contributed by atoms with Crippen molar-refractivity contribution in [3.05, 3.63) is 52.5 Å². The van der Waals surface area contributed by atoms with Gasteiger partial charge in [0, 0.05) is 22.2 Å². The number of hydrogen-bond donors (Lipinski definition) is 1. The van der Waals surface area contributed by atoms with Crippen molar-refractivity contribution in [3.8, 4) is 5.75 Å². The third kappa shape index (κ3) is 2.23. The van der Waals surface area contributed by atoms with Crippen molar-refractivity contribution in [3.63, 3.8) is 0 Å². The van der Waals surface area contributed by atoms with Crippen molar-refractivity contribution in [2.45, 2.75) is 6.04 Å². The molecule has 5 nitrogen and oxygen atoms in total. The van der Waals surface area contributed by atoms with Gasteiger partial charge in [0.05, 0.1) is 22.8 Å². The lowest BCUT2D eigenvalue weighted by atomic mass is 10.1. The van der Waals surface area contributed by atoms with Gasteiger partial charge in [-0.3, -0.25) is 4.98 Å². The second-order valence-electron chi connectivity index (χ2n) is 4.93. The van der Waals surface area contributed by atoms with Crippen molar-refractivity contribution < 1.29 is 4.74 Å². The number of hydrogen-bond acceptors (Lipinski definition) is 5. The molecule has 0 amide bonds. The molecule has 1 atom stereocenters. The first-order valence-corrected chi connectivity index (χ1v) is 7.41. The number of halogens is 2. The van der Waals surface area contributed by atoms with Crippen LogP contribution in [0.1, 0.15) is 11.6 Å². The summed E-state index contributed by atoms with van der Waals surface area (Å²) in [6, 6.07) is 5.34. The van der Waals surface area contributed by atoms with E-state index in [1.807, 2.05) is 12.1 Å². The van der Waals surface area contributed by atoms with Gasteiger partial charge < -0.3 is 10.1 Å². The highest BCUT2D eigenvalue weighted by Gasteiger charge is 2.27. The third-order valence-electron chi connectivity index (χ3n) is 3.56. The number of nitrogens with zero attached hydrogens (tertiary/aromatic N) is 3. The molecule has 0 saturated heterocycles. The largest absolute Gasteiger partial charge is 0.489 e. The maximum Gasteiger partial charge on any atom is 0.143 e. The van der Waals surface area contributed by atoms with Crippen LogP contribution in [0.5, 0.6) is 5.75 Å². The van der Waals surface area contributed by atoms with Crippen LogP contribution >= 0.6 is 23.2 Å². The van der Waals surface area contributed by atoms with Gasteiger partial charge in [0.25, 0.3) is 0 Å². The molecule has 1 aliphatic heterocycles. The molecule has 7 heteroatoms. The van der Waals surface area contributed by atoms with Gasteiger partial charge in [0.1, 0.15) is 24.5 Å². The average Bonchev–Trinajstić information content (AvgIpc) is 2.91. The Morgan fingerprint density at radius 1 is 1.23 bits per heavy atom. The Kier molecular flexibility index (Phi) is 3.24. The minimum Gasteiger partial charge on any atom is -0.489 e. The third-order valence-corrected chi connectivity index (χ3v) is 4.06. The Morgan fingerprint density at radius 2 is 2.14 bits per heavy atom. The lowest BCUT2D eigenvalue weighted by molar-refractivity contribution is 0.340. The highest BCUT2D eigenvalue weighted by molar-refractivity contribution is 6.35. The van der Waals surface area contributed by atoms with Crippen molar-refractivity contribution in [1.82, 2.24) is 15.0 Å². The molecule has 22 heavy (non-hydrogen) atoms. The molecule has 0 fully saturated rings. The normalized spacial score (nSPS) is 16.4. The van der Waals surface area contributed by atoms with Gasteiger partial charge >= 0.3 is 0 Å². The van der Waals surface area contributed by atoms with Crippen LogP contribution in [0.15, 0.2) is 36.9 Å². The molecule has 0 spiro atoms. The summed E-state index contributed by atoms with van der Waals surface area (Å²) in [7, 11) is 0. The van der Waals surface area contributed by atoms with E-state index in [1.165, 1.54) is 6.33 Å². The molecule has 3 aromatic rings. The van der Waals surface area contributed by atoms with Gasteiger partial charge in [-0.15, -0.1) is 0 Å². The maximum absolute atomic E-state index is 6.17. The zero-order valence-electron chi connectivity index (χ0n) is 11.3. The molecule has 0 radical (unpaired) electrons. The van der Waals surface area contributed by atoms with E-state index in [9.17, 15) is 0 Å². The number of fused-ring (bicyclic) bond motifs is 2. The number of pyridine rings is 1. The molecular formula is C15H10Cl2N4O. The quantitative estimate of drug-likeness (QED) is 0.771. The summed E-state index contributed by atoms with van der Waals surface area (Å²) in [4.78, 5) is 12.6. The predicted octanol–water partition coefficient (Wildman–Crippen LogP) is 3.88. The van der Waals surface area contributed by atoms with E-state index in [2.05, 4.69) is 20.3 Å². The van der Waals surface area contributed by atoms with Gasteiger partial charge in [-0.1, -0.05) is 23.2 Å². The molecule has 0 aliphatic carbocycles. The van der Waals surface area contributed by atoms with Crippen LogP contribution < -0.4 is 10.1 Å². The smallest absolute Gasteiger partial charge is 0.143 e. The van der Waals surface area contributed by atoms with E-state index in [1.54, 1.807) is 18.5 Å². The standard InChI is InChI=1S/C15H10Cl2N4O/c16-8-3-10-13(6-22-14(10)11(17)4-8)21-15-9-1-2-18-5-12(9)19-7-20-15/h1-5,7,13H,6H2,(H,19,20,21). The maximum atomic E-state index is 6.17. The molecule has 1 unspecified atom stereocenters. The van der Waals surface area contributed by atoms with Crippen molar-refractivity contribution in [2.24, 2.45) is 0 Å². The second kappa shape index (κ2) is 5.26. The van der Waals surface area contributed by atoms with E-state index in [-0.39, 0.29) is 6.04 Å². The second-order valence-corrected chi connectivity index (χ2v) is 5.77. The van der Waals surface area contributed by atoms with Gasteiger partial charge in [0.2, 0.25) is 0 Å². The van der Waals surface area contributed by atoms with E-state index >= 15 is 0 Å². The van der Waals surface area contributed by atoms with Crippen LogP contribution in [0, 0.1) is 0 Å². The number of nitrogens with one attached hydrogen (secondary N) is 1.